The quantitative estimate of drug-likeness (QED) is 0.270. The molecule has 1 radical (unpaired) electrons. The Bertz CT molecular complexity index is 189. The Morgan fingerprint density at radius 2 is 2.00 bits per heavy atom. The molecule has 7 nitrogen and oxygen atoms in total. The van der Waals surface area contributed by atoms with Crippen LogP contribution in [0.25, 0.3) is 0 Å². The normalized spacial score (nSPS) is 32.8. The zero-order valence-electron chi connectivity index (χ0n) is 9.63. The summed E-state index contributed by atoms with van der Waals surface area (Å²) in [4.78, 5) is 17.0. The Kier molecular flexibility index (Phi) is 11.5. The van der Waals surface area contributed by atoms with Crippen molar-refractivity contribution in [3.63, 3.8) is 0 Å². The van der Waals surface area contributed by atoms with Gasteiger partial charge in [-0.3, -0.25) is 0 Å². The van der Waals surface area contributed by atoms with Crippen molar-refractivity contribution in [2.24, 2.45) is 0 Å². The number of likely N-dealkylation sites (N-methyl/N-ethyl adjacent to an activating group) is 1. The predicted octanol–water partition coefficient (Wildman–Crippen LogP) is -1.28. The summed E-state index contributed by atoms with van der Waals surface area (Å²) in [5, 5.41) is 21.8. The first-order chi connectivity index (χ1) is 7.04. The minimum absolute atomic E-state index is 0. The maximum Gasteiger partial charge on any atom is 1.00 e. The van der Waals surface area contributed by atoms with Gasteiger partial charge in [0.25, 0.3) is 0 Å². The van der Waals surface area contributed by atoms with Crippen molar-refractivity contribution >= 4 is 8.60 Å². The fourth-order valence-electron chi connectivity index (χ4n) is 1.54. The third-order valence-corrected chi connectivity index (χ3v) is 2.65. The molecule has 1 aliphatic rings. The molecule has 1 rings (SSSR count). The molecule has 0 aliphatic carbocycles. The fraction of sp³-hybridized carbons (Fsp3) is 0.875. The number of aliphatic hydroxyl groups is 2. The second kappa shape index (κ2) is 9.68. The van der Waals surface area contributed by atoms with Crippen LogP contribution in [0.4, 0.5) is 0 Å². The molecule has 1 aliphatic heterocycles. The Morgan fingerprint density at radius 1 is 1.41 bits per heavy atom. The third-order valence-electron chi connectivity index (χ3n) is 2.27. The van der Waals surface area contributed by atoms with Gasteiger partial charge in [-0.2, -0.15) is 0 Å². The molecule has 0 spiro atoms. The van der Waals surface area contributed by atoms with E-state index in [1.807, 2.05) is 0 Å². The molecule has 1 fully saturated rings. The van der Waals surface area contributed by atoms with E-state index in [0.29, 0.717) is 0 Å². The molecule has 0 aromatic rings. The van der Waals surface area contributed by atoms with Crippen molar-refractivity contribution in [2.45, 2.75) is 31.0 Å². The van der Waals surface area contributed by atoms with Crippen molar-refractivity contribution in [3.8, 4) is 0 Å². The van der Waals surface area contributed by atoms with Gasteiger partial charge in [0.15, 0.2) is 6.29 Å². The van der Waals surface area contributed by atoms with Crippen LogP contribution in [-0.2, 0) is 29.1 Å². The molecule has 9 heteroatoms. The largest absolute Gasteiger partial charge is 1.00 e. The zero-order chi connectivity index (χ0) is 11.4. The summed E-state index contributed by atoms with van der Waals surface area (Å²) in [6.07, 6.45) is -2.15. The van der Waals surface area contributed by atoms with E-state index < -0.39 is 33.1 Å². The molecule has 17 heavy (non-hydrogen) atoms. The minimum Gasteiger partial charge on any atom is -0.391 e. The van der Waals surface area contributed by atoms with Crippen LogP contribution in [0.2, 0.25) is 0 Å². The van der Waals surface area contributed by atoms with Crippen molar-refractivity contribution in [3.05, 3.63) is 7.43 Å². The van der Waals surface area contributed by atoms with E-state index in [9.17, 15) is 10.2 Å². The molecule has 0 aromatic carbocycles. The first kappa shape index (κ1) is 20.1. The van der Waals surface area contributed by atoms with E-state index >= 15 is 0 Å². The molecule has 4 unspecified atom stereocenters. The number of aliphatic hydroxyl groups excluding tert-OH is 2. The number of rotatable bonds is 4. The number of nitrogens with one attached hydrogen (secondary N) is 1. The Morgan fingerprint density at radius 3 is 2.41 bits per heavy atom. The predicted molar refractivity (Wildman–Crippen MR) is 58.1 cm³/mol. The standard InChI is InChI=1S/C7H16NO6P.CH3.Os/c1-8-6-5(9)2-4(14-7(6)10)3-13-15(11)12;;/h4-12H,2-3H2,1H3;1H3;/q;-1;+1. The van der Waals surface area contributed by atoms with Gasteiger partial charge in [-0.15, -0.1) is 0 Å². The molecule has 0 amide bonds. The molecular weight excluding hydrogens is 427 g/mol. The summed E-state index contributed by atoms with van der Waals surface area (Å²) in [5.41, 5.74) is 0. The van der Waals surface area contributed by atoms with Gasteiger partial charge in [-0.25, -0.2) is 0 Å². The summed E-state index contributed by atoms with van der Waals surface area (Å²) in [5.74, 6) is 0. The summed E-state index contributed by atoms with van der Waals surface area (Å²) >= 11 is 0. The number of hydrogen-bond acceptors (Lipinski definition) is 7. The molecule has 5 N–H and O–H groups in total. The van der Waals surface area contributed by atoms with Crippen molar-refractivity contribution in [1.82, 2.24) is 5.32 Å². The van der Waals surface area contributed by atoms with E-state index in [4.69, 9.17) is 14.5 Å². The van der Waals surface area contributed by atoms with Crippen molar-refractivity contribution in [1.29, 1.82) is 0 Å². The van der Waals surface area contributed by atoms with E-state index in [-0.39, 0.29) is 40.2 Å². The van der Waals surface area contributed by atoms with E-state index in [0.717, 1.165) is 0 Å². The Hall–Kier alpha value is 0.786. The number of ether oxygens (including phenoxy) is 1. The molecule has 105 valence electrons. The first-order valence-electron chi connectivity index (χ1n) is 4.54. The summed E-state index contributed by atoms with van der Waals surface area (Å²) < 4.78 is 9.66. The Balaban J connectivity index is 0. The van der Waals surface area contributed by atoms with Gasteiger partial charge in [0.1, 0.15) is 0 Å². The molecule has 1 heterocycles. The van der Waals surface area contributed by atoms with E-state index in [1.54, 1.807) is 7.05 Å². The van der Waals surface area contributed by atoms with Crippen LogP contribution in [0.3, 0.4) is 0 Å². The van der Waals surface area contributed by atoms with Gasteiger partial charge in [-0.05, 0) is 7.05 Å². The SMILES string of the molecule is CNC1C(O)CC(COP(O)O)OC1O.[CH3-].[Os+]. The van der Waals surface area contributed by atoms with Gasteiger partial charge in [0.2, 0.25) is 0 Å². The minimum atomic E-state index is -2.43. The van der Waals surface area contributed by atoms with Crippen LogP contribution in [-0.4, -0.2) is 58.2 Å². The second-order valence-corrected chi connectivity index (χ2v) is 4.08. The van der Waals surface area contributed by atoms with Crippen LogP contribution in [0.1, 0.15) is 6.42 Å². The molecule has 0 bridgehead atoms. The van der Waals surface area contributed by atoms with Crippen LogP contribution in [0.5, 0.6) is 0 Å². The van der Waals surface area contributed by atoms with Crippen LogP contribution < -0.4 is 5.32 Å². The molecular formula is C8H19NO6OsP. The second-order valence-electron chi connectivity index (χ2n) is 3.31. The maximum atomic E-state index is 9.60. The van der Waals surface area contributed by atoms with Gasteiger partial charge in [0, 0.05) is 6.42 Å². The van der Waals surface area contributed by atoms with Gasteiger partial charge in [-0.1, -0.05) is 0 Å². The Labute approximate surface area is 115 Å². The van der Waals surface area contributed by atoms with E-state index in [2.05, 4.69) is 9.84 Å². The molecule has 4 atom stereocenters. The molecule has 0 saturated carbocycles. The first-order valence-corrected chi connectivity index (χ1v) is 5.70. The third kappa shape index (κ3) is 6.49. The number of hydrogen-bond donors (Lipinski definition) is 5. The van der Waals surface area contributed by atoms with Gasteiger partial charge < -0.3 is 42.0 Å². The van der Waals surface area contributed by atoms with Crippen LogP contribution in [0.15, 0.2) is 0 Å². The fourth-order valence-corrected chi connectivity index (χ4v) is 1.84. The van der Waals surface area contributed by atoms with Crippen LogP contribution >= 0.6 is 8.60 Å². The molecule has 0 aromatic heterocycles. The van der Waals surface area contributed by atoms with Crippen molar-refractivity contribution < 1.29 is 49.1 Å². The topological polar surface area (TPSA) is 111 Å². The summed E-state index contributed by atoms with van der Waals surface area (Å²) in [6.45, 7) is -0.0662. The summed E-state index contributed by atoms with van der Waals surface area (Å²) in [6, 6.07) is -0.536. The molecule has 1 saturated heterocycles. The maximum absolute atomic E-state index is 9.60. The zero-order valence-corrected chi connectivity index (χ0v) is 13.1. The van der Waals surface area contributed by atoms with Gasteiger partial charge >= 0.3 is 28.4 Å². The smallest absolute Gasteiger partial charge is 0.391 e. The average molecular weight is 446 g/mol. The van der Waals surface area contributed by atoms with Crippen LogP contribution in [0, 0.1) is 7.43 Å². The summed E-state index contributed by atoms with van der Waals surface area (Å²) in [7, 11) is -0.818. The van der Waals surface area contributed by atoms with Crippen molar-refractivity contribution in [2.75, 3.05) is 13.7 Å². The van der Waals surface area contributed by atoms with E-state index in [1.165, 1.54) is 0 Å². The monoisotopic (exact) mass is 448 g/mol. The average Bonchev–Trinajstić information content (AvgIpc) is 2.14. The van der Waals surface area contributed by atoms with Gasteiger partial charge in [0.05, 0.1) is 24.9 Å².